The van der Waals surface area contributed by atoms with Crippen LogP contribution in [0.5, 0.6) is 0 Å². The number of hydrogen-bond acceptors (Lipinski definition) is 2. The second-order valence-electron chi connectivity index (χ2n) is 6.56. The zero-order valence-corrected chi connectivity index (χ0v) is 17.2. The molecule has 136 valence electrons. The molecular formula is C25H20AsNO. The van der Waals surface area contributed by atoms with E-state index in [4.69, 9.17) is 3.73 Å². The standard InChI is InChI=1S/C25H20AsNO/c27-21-28-26(22-13-5-1-6-14-22,23-15-7-2-8-16-23,24-17-9-3-10-18-24)25-19-11-4-12-20-25/h1-20H. The summed E-state index contributed by atoms with van der Waals surface area (Å²) in [5.74, 6) is 0. The van der Waals surface area contributed by atoms with Gasteiger partial charge in [-0.05, 0) is 0 Å². The van der Waals surface area contributed by atoms with Gasteiger partial charge in [-0.1, -0.05) is 0 Å². The minimum absolute atomic E-state index is 1.05. The molecule has 0 heterocycles. The molecule has 0 N–H and O–H groups in total. The first kappa shape index (κ1) is 18.1. The van der Waals surface area contributed by atoms with E-state index in [0.29, 0.717) is 0 Å². The van der Waals surface area contributed by atoms with Crippen LogP contribution in [0.25, 0.3) is 0 Å². The summed E-state index contributed by atoms with van der Waals surface area (Å²) in [5, 5.41) is 9.98. The molecule has 0 fully saturated rings. The van der Waals surface area contributed by atoms with E-state index in [2.05, 4.69) is 54.8 Å². The zero-order valence-electron chi connectivity index (χ0n) is 15.3. The van der Waals surface area contributed by atoms with Gasteiger partial charge >= 0.3 is 167 Å². The van der Waals surface area contributed by atoms with Gasteiger partial charge in [0, 0.05) is 0 Å². The van der Waals surface area contributed by atoms with E-state index in [1.165, 1.54) is 0 Å². The topological polar surface area (TPSA) is 33.0 Å². The monoisotopic (exact) mass is 425 g/mol. The Balaban J connectivity index is 2.30. The van der Waals surface area contributed by atoms with E-state index >= 15 is 0 Å². The van der Waals surface area contributed by atoms with Crippen molar-refractivity contribution in [3.05, 3.63) is 121 Å². The SMILES string of the molecule is N#CO[As](c1ccccc1)(c1ccccc1)(c1ccccc1)c1ccccc1. The molecule has 0 aliphatic heterocycles. The predicted octanol–water partition coefficient (Wildman–Crippen LogP) is 3.01. The van der Waals surface area contributed by atoms with Gasteiger partial charge in [0.05, 0.1) is 0 Å². The summed E-state index contributed by atoms with van der Waals surface area (Å²) < 4.78 is 10.6. The number of nitrogens with zero attached hydrogens (tertiary/aromatic N) is 1. The van der Waals surface area contributed by atoms with E-state index in [1.807, 2.05) is 72.8 Å². The number of hydrogen-bond donors (Lipinski definition) is 0. The van der Waals surface area contributed by atoms with Crippen molar-refractivity contribution in [2.24, 2.45) is 0 Å². The Kier molecular flexibility index (Phi) is 4.78. The third-order valence-corrected chi connectivity index (χ3v) is 16.9. The molecule has 3 heteroatoms. The van der Waals surface area contributed by atoms with Gasteiger partial charge < -0.3 is 0 Å². The van der Waals surface area contributed by atoms with Gasteiger partial charge in [0.2, 0.25) is 0 Å². The van der Waals surface area contributed by atoms with Crippen molar-refractivity contribution in [2.75, 3.05) is 0 Å². The van der Waals surface area contributed by atoms with E-state index in [-0.39, 0.29) is 0 Å². The maximum absolute atomic E-state index is 9.98. The molecule has 0 saturated carbocycles. The van der Waals surface area contributed by atoms with Crippen molar-refractivity contribution in [1.29, 1.82) is 5.26 Å². The molecule has 0 atom stereocenters. The average Bonchev–Trinajstić information content (AvgIpc) is 2.80. The number of nitriles is 1. The van der Waals surface area contributed by atoms with Crippen LogP contribution in [-0.4, -0.2) is 12.8 Å². The molecule has 0 aliphatic rings. The summed E-state index contributed by atoms with van der Waals surface area (Å²) in [5.41, 5.74) is 0. The van der Waals surface area contributed by atoms with Crippen LogP contribution in [0.15, 0.2) is 121 Å². The fourth-order valence-corrected chi connectivity index (χ4v) is 15.2. The molecule has 4 aromatic carbocycles. The van der Waals surface area contributed by atoms with Crippen molar-refractivity contribution in [1.82, 2.24) is 0 Å². The maximum atomic E-state index is 9.98. The molecule has 4 aromatic rings. The van der Waals surface area contributed by atoms with Gasteiger partial charge in [0.1, 0.15) is 0 Å². The van der Waals surface area contributed by atoms with Gasteiger partial charge in [-0.3, -0.25) is 0 Å². The Labute approximate surface area is 166 Å². The number of benzene rings is 4. The van der Waals surface area contributed by atoms with Crippen LogP contribution in [0.3, 0.4) is 0 Å². The van der Waals surface area contributed by atoms with Crippen LogP contribution < -0.4 is 17.4 Å². The van der Waals surface area contributed by atoms with Crippen LogP contribution in [0.2, 0.25) is 0 Å². The van der Waals surface area contributed by atoms with E-state index < -0.39 is 12.8 Å². The molecule has 0 radical (unpaired) electrons. The van der Waals surface area contributed by atoms with Crippen molar-refractivity contribution in [3.63, 3.8) is 0 Å². The Morgan fingerprint density at radius 3 is 0.929 bits per heavy atom. The van der Waals surface area contributed by atoms with Gasteiger partial charge in [-0.2, -0.15) is 0 Å². The molecule has 2 nitrogen and oxygen atoms in total. The van der Waals surface area contributed by atoms with Gasteiger partial charge in [-0.25, -0.2) is 0 Å². The van der Waals surface area contributed by atoms with Gasteiger partial charge in [-0.15, -0.1) is 0 Å². The predicted molar refractivity (Wildman–Crippen MR) is 117 cm³/mol. The molecule has 4 rings (SSSR count). The Morgan fingerprint density at radius 2 is 0.714 bits per heavy atom. The average molecular weight is 425 g/mol. The second-order valence-corrected chi connectivity index (χ2v) is 15.6. The van der Waals surface area contributed by atoms with Gasteiger partial charge in [0.15, 0.2) is 0 Å². The van der Waals surface area contributed by atoms with E-state index in [9.17, 15) is 5.26 Å². The first-order chi connectivity index (χ1) is 13.8. The third-order valence-electron chi connectivity index (χ3n) is 5.22. The van der Waals surface area contributed by atoms with Crippen molar-refractivity contribution in [2.45, 2.75) is 0 Å². The molecule has 28 heavy (non-hydrogen) atoms. The minimum atomic E-state index is -4.50. The summed E-state index contributed by atoms with van der Waals surface area (Å²) in [4.78, 5) is 0. The molecule has 0 aromatic heterocycles. The Bertz CT molecular complexity index is 921. The van der Waals surface area contributed by atoms with Crippen LogP contribution in [0, 0.1) is 11.5 Å². The van der Waals surface area contributed by atoms with Gasteiger partial charge in [0.25, 0.3) is 0 Å². The summed E-state index contributed by atoms with van der Waals surface area (Å²) in [6, 6.07) is 40.9. The van der Waals surface area contributed by atoms with Crippen LogP contribution >= 0.6 is 0 Å². The fourth-order valence-electron chi connectivity index (χ4n) is 4.04. The quantitative estimate of drug-likeness (QED) is 0.364. The molecule has 0 spiro atoms. The number of rotatable bonds is 5. The van der Waals surface area contributed by atoms with Crippen LogP contribution in [0.4, 0.5) is 0 Å². The summed E-state index contributed by atoms with van der Waals surface area (Å²) in [6.07, 6.45) is 2.12. The third kappa shape index (κ3) is 2.48. The van der Waals surface area contributed by atoms with Crippen LogP contribution in [0.1, 0.15) is 0 Å². The summed E-state index contributed by atoms with van der Waals surface area (Å²) >= 11 is -4.50. The summed E-state index contributed by atoms with van der Waals surface area (Å²) in [7, 11) is 0. The fraction of sp³-hybridized carbons (Fsp3) is 0. The molecular weight excluding hydrogens is 405 g/mol. The molecule has 0 saturated heterocycles. The first-order valence-electron chi connectivity index (χ1n) is 9.15. The Morgan fingerprint density at radius 1 is 0.464 bits per heavy atom. The Hall–Kier alpha value is -3.27. The van der Waals surface area contributed by atoms with Crippen molar-refractivity contribution in [3.8, 4) is 6.26 Å². The molecule has 0 aliphatic carbocycles. The molecule has 0 amide bonds. The van der Waals surface area contributed by atoms with Crippen LogP contribution in [-0.2, 0) is 3.73 Å². The normalized spacial score (nSPS) is 12.3. The molecule has 0 unspecified atom stereocenters. The van der Waals surface area contributed by atoms with Crippen molar-refractivity contribution >= 4 is 30.2 Å². The molecule has 0 bridgehead atoms. The van der Waals surface area contributed by atoms with Crippen molar-refractivity contribution < 1.29 is 3.73 Å². The zero-order chi connectivity index (χ0) is 19.3. The van der Waals surface area contributed by atoms with E-state index in [0.717, 1.165) is 17.4 Å². The van der Waals surface area contributed by atoms with E-state index in [1.54, 1.807) is 0 Å². The first-order valence-corrected chi connectivity index (χ1v) is 13.7. The summed E-state index contributed by atoms with van der Waals surface area (Å²) in [6.45, 7) is 0. The second kappa shape index (κ2) is 7.39.